The molecule has 8 nitrogen and oxygen atoms in total. The molecule has 24 heavy (non-hydrogen) atoms. The van der Waals surface area contributed by atoms with Crippen LogP contribution in [-0.2, 0) is 14.3 Å². The number of nitrogens with zero attached hydrogens (tertiary/aromatic N) is 1. The van der Waals surface area contributed by atoms with Crippen molar-refractivity contribution in [1.29, 1.82) is 0 Å². The number of carbonyl (C=O) groups excluding carboxylic acids is 2. The molecular formula is C16H18N2O6. The van der Waals surface area contributed by atoms with E-state index in [0.717, 1.165) is 6.42 Å². The Labute approximate surface area is 138 Å². The van der Waals surface area contributed by atoms with Crippen LogP contribution >= 0.6 is 0 Å². The fraction of sp³-hybridized carbons (Fsp3) is 0.375. The lowest BCUT2D eigenvalue weighted by Crippen LogP contribution is -2.25. The van der Waals surface area contributed by atoms with Gasteiger partial charge in [-0.05, 0) is 25.3 Å². The standard InChI is InChI=1S/C16H18N2O6/c1-23-14-8-7-12(18(21)22)9-13(14)17-15(19)10-24-16(20)11-5-3-2-4-6-11/h2-3,7-9,11H,4-6,10H2,1H3,(H,17,19)/t11-/m0/s1. The topological polar surface area (TPSA) is 108 Å². The molecule has 0 fully saturated rings. The van der Waals surface area contributed by atoms with E-state index < -0.39 is 23.4 Å². The van der Waals surface area contributed by atoms with Crippen molar-refractivity contribution in [1.82, 2.24) is 0 Å². The largest absolute Gasteiger partial charge is 0.495 e. The second-order valence-electron chi connectivity index (χ2n) is 5.28. The zero-order valence-electron chi connectivity index (χ0n) is 13.2. The molecule has 1 aliphatic rings. The lowest BCUT2D eigenvalue weighted by atomic mass is 9.95. The van der Waals surface area contributed by atoms with E-state index in [0.29, 0.717) is 12.8 Å². The smallest absolute Gasteiger partial charge is 0.309 e. The van der Waals surface area contributed by atoms with Crippen molar-refractivity contribution in [3.63, 3.8) is 0 Å². The minimum Gasteiger partial charge on any atom is -0.495 e. The quantitative estimate of drug-likeness (QED) is 0.370. The summed E-state index contributed by atoms with van der Waals surface area (Å²) in [5, 5.41) is 13.3. The Morgan fingerprint density at radius 3 is 2.79 bits per heavy atom. The van der Waals surface area contributed by atoms with E-state index in [-0.39, 0.29) is 23.0 Å². The minimum atomic E-state index is -0.589. The first-order valence-corrected chi connectivity index (χ1v) is 7.45. The van der Waals surface area contributed by atoms with Crippen LogP contribution in [0.3, 0.4) is 0 Å². The van der Waals surface area contributed by atoms with Crippen LogP contribution in [0.5, 0.6) is 5.75 Å². The van der Waals surface area contributed by atoms with E-state index in [4.69, 9.17) is 9.47 Å². The van der Waals surface area contributed by atoms with Crippen LogP contribution < -0.4 is 10.1 Å². The summed E-state index contributed by atoms with van der Waals surface area (Å²) in [4.78, 5) is 34.0. The van der Waals surface area contributed by atoms with Crippen molar-refractivity contribution in [3.05, 3.63) is 40.5 Å². The molecule has 1 aliphatic carbocycles. The molecule has 1 atom stereocenters. The summed E-state index contributed by atoms with van der Waals surface area (Å²) in [7, 11) is 1.38. The highest BCUT2D eigenvalue weighted by Crippen LogP contribution is 2.28. The average Bonchev–Trinajstić information content (AvgIpc) is 2.60. The second-order valence-corrected chi connectivity index (χ2v) is 5.28. The van der Waals surface area contributed by atoms with Crippen molar-refractivity contribution >= 4 is 23.3 Å². The SMILES string of the molecule is COc1ccc([N+](=O)[O-])cc1NC(=O)COC(=O)[C@H]1CC=CCC1. The first-order valence-electron chi connectivity index (χ1n) is 7.45. The molecule has 0 spiro atoms. The van der Waals surface area contributed by atoms with Gasteiger partial charge >= 0.3 is 5.97 Å². The summed E-state index contributed by atoms with van der Waals surface area (Å²) in [6, 6.07) is 3.84. The van der Waals surface area contributed by atoms with Gasteiger partial charge in [0.25, 0.3) is 11.6 Å². The van der Waals surface area contributed by atoms with Crippen molar-refractivity contribution in [2.24, 2.45) is 5.92 Å². The first-order chi connectivity index (χ1) is 11.5. The molecule has 1 N–H and O–H groups in total. The number of hydrogen-bond donors (Lipinski definition) is 1. The molecule has 0 bridgehead atoms. The Bertz CT molecular complexity index is 671. The Hall–Kier alpha value is -2.90. The third-order valence-corrected chi connectivity index (χ3v) is 3.62. The van der Waals surface area contributed by atoms with Crippen LogP contribution in [0.25, 0.3) is 0 Å². The summed E-state index contributed by atoms with van der Waals surface area (Å²) in [6.45, 7) is -0.453. The molecule has 0 aliphatic heterocycles. The van der Waals surface area contributed by atoms with Gasteiger partial charge in [-0.2, -0.15) is 0 Å². The molecule has 0 radical (unpaired) electrons. The van der Waals surface area contributed by atoms with Gasteiger partial charge < -0.3 is 14.8 Å². The van der Waals surface area contributed by atoms with Crippen LogP contribution in [0, 0.1) is 16.0 Å². The second kappa shape index (κ2) is 8.09. The first kappa shape index (κ1) is 17.5. The van der Waals surface area contributed by atoms with Crippen molar-refractivity contribution < 1.29 is 24.0 Å². The van der Waals surface area contributed by atoms with Crippen LogP contribution in [0.1, 0.15) is 19.3 Å². The van der Waals surface area contributed by atoms with E-state index in [2.05, 4.69) is 5.32 Å². The maximum Gasteiger partial charge on any atom is 0.309 e. The van der Waals surface area contributed by atoms with Gasteiger partial charge in [0, 0.05) is 12.1 Å². The highest BCUT2D eigenvalue weighted by atomic mass is 16.6. The zero-order chi connectivity index (χ0) is 17.5. The van der Waals surface area contributed by atoms with Gasteiger partial charge in [0.2, 0.25) is 0 Å². The summed E-state index contributed by atoms with van der Waals surface area (Å²) in [5.74, 6) is -0.957. The summed E-state index contributed by atoms with van der Waals surface area (Å²) in [5.41, 5.74) is -0.0366. The Morgan fingerprint density at radius 2 is 2.17 bits per heavy atom. The molecule has 0 saturated carbocycles. The average molecular weight is 334 g/mol. The van der Waals surface area contributed by atoms with Gasteiger partial charge in [-0.15, -0.1) is 0 Å². The molecule has 0 aromatic heterocycles. The highest BCUT2D eigenvalue weighted by Gasteiger charge is 2.21. The summed E-state index contributed by atoms with van der Waals surface area (Å²) < 4.78 is 10.1. The number of methoxy groups -OCH3 is 1. The molecule has 1 aromatic rings. The number of non-ortho nitro benzene ring substituents is 1. The lowest BCUT2D eigenvalue weighted by Gasteiger charge is -2.16. The van der Waals surface area contributed by atoms with Crippen LogP contribution in [-0.4, -0.2) is 30.5 Å². The maximum absolute atomic E-state index is 11.9. The number of hydrogen-bond acceptors (Lipinski definition) is 6. The van der Waals surface area contributed by atoms with Crippen molar-refractivity contribution in [3.8, 4) is 5.75 Å². The van der Waals surface area contributed by atoms with Gasteiger partial charge in [-0.3, -0.25) is 19.7 Å². The number of allylic oxidation sites excluding steroid dienone is 2. The Balaban J connectivity index is 1.94. The zero-order valence-corrected chi connectivity index (χ0v) is 13.2. The number of nitro benzene ring substituents is 1. The number of nitro groups is 1. The number of anilines is 1. The molecule has 128 valence electrons. The van der Waals surface area contributed by atoms with Crippen molar-refractivity contribution in [2.45, 2.75) is 19.3 Å². The maximum atomic E-state index is 11.9. The molecular weight excluding hydrogens is 316 g/mol. The fourth-order valence-electron chi connectivity index (χ4n) is 2.36. The number of esters is 1. The Kier molecular flexibility index (Phi) is 5.89. The van der Waals surface area contributed by atoms with E-state index >= 15 is 0 Å². The predicted molar refractivity (Wildman–Crippen MR) is 85.7 cm³/mol. The van der Waals surface area contributed by atoms with Crippen molar-refractivity contribution in [2.75, 3.05) is 19.0 Å². The Morgan fingerprint density at radius 1 is 1.38 bits per heavy atom. The molecule has 1 aromatic carbocycles. The number of ether oxygens (including phenoxy) is 2. The van der Waals surface area contributed by atoms with E-state index in [1.807, 2.05) is 12.2 Å². The number of amides is 1. The number of rotatable bonds is 6. The van der Waals surface area contributed by atoms with E-state index in [1.165, 1.54) is 25.3 Å². The molecule has 8 heteroatoms. The molecule has 0 heterocycles. The number of nitrogens with one attached hydrogen (secondary N) is 1. The summed E-state index contributed by atoms with van der Waals surface area (Å²) >= 11 is 0. The van der Waals surface area contributed by atoms with Gasteiger partial charge in [0.05, 0.1) is 23.6 Å². The van der Waals surface area contributed by atoms with Gasteiger partial charge in [-0.1, -0.05) is 12.2 Å². The van der Waals surface area contributed by atoms with Crippen LogP contribution in [0.4, 0.5) is 11.4 Å². The van der Waals surface area contributed by atoms with E-state index in [1.54, 1.807) is 0 Å². The molecule has 1 amide bonds. The third-order valence-electron chi connectivity index (χ3n) is 3.62. The predicted octanol–water partition coefficient (Wildman–Crippen LogP) is 2.44. The molecule has 0 unspecified atom stereocenters. The van der Waals surface area contributed by atoms with Crippen LogP contribution in [0.15, 0.2) is 30.4 Å². The highest BCUT2D eigenvalue weighted by molar-refractivity contribution is 5.94. The number of benzene rings is 1. The third kappa shape index (κ3) is 4.55. The lowest BCUT2D eigenvalue weighted by molar-refractivity contribution is -0.384. The monoisotopic (exact) mass is 334 g/mol. The van der Waals surface area contributed by atoms with E-state index in [9.17, 15) is 19.7 Å². The number of carbonyl (C=O) groups is 2. The minimum absolute atomic E-state index is 0.147. The molecule has 2 rings (SSSR count). The normalized spacial score (nSPS) is 16.3. The fourth-order valence-corrected chi connectivity index (χ4v) is 2.36. The summed E-state index contributed by atoms with van der Waals surface area (Å²) in [6.07, 6.45) is 6.06. The van der Waals surface area contributed by atoms with Gasteiger partial charge in [-0.25, -0.2) is 0 Å². The van der Waals surface area contributed by atoms with Gasteiger partial charge in [0.1, 0.15) is 5.75 Å². The van der Waals surface area contributed by atoms with Gasteiger partial charge in [0.15, 0.2) is 6.61 Å². The van der Waals surface area contributed by atoms with Crippen LogP contribution in [0.2, 0.25) is 0 Å². The molecule has 0 saturated heterocycles.